The summed E-state index contributed by atoms with van der Waals surface area (Å²) < 4.78 is 1.05. The lowest BCUT2D eigenvalue weighted by Gasteiger charge is -2.09. The Morgan fingerprint density at radius 1 is 1.24 bits per heavy atom. The Morgan fingerprint density at radius 2 is 1.88 bits per heavy atom. The lowest BCUT2D eigenvalue weighted by Crippen LogP contribution is -2.09. The molecule has 4 heteroatoms. The van der Waals surface area contributed by atoms with Gasteiger partial charge in [0, 0.05) is 33.5 Å². The van der Waals surface area contributed by atoms with E-state index in [9.17, 15) is 0 Å². The number of rotatable bonds is 2. The van der Waals surface area contributed by atoms with E-state index in [4.69, 9.17) is 5.73 Å². The molecule has 0 aliphatic rings. The first-order chi connectivity index (χ1) is 8.08. The predicted molar refractivity (Wildman–Crippen MR) is 72.5 cm³/mol. The molecule has 17 heavy (non-hydrogen) atoms. The van der Waals surface area contributed by atoms with E-state index in [2.05, 4.69) is 25.9 Å². The largest absolute Gasteiger partial charge is 0.324 e. The van der Waals surface area contributed by atoms with Crippen molar-refractivity contribution in [2.45, 2.75) is 19.9 Å². The summed E-state index contributed by atoms with van der Waals surface area (Å²) in [6.07, 6.45) is 1.81. The zero-order valence-electron chi connectivity index (χ0n) is 9.81. The van der Waals surface area contributed by atoms with Gasteiger partial charge < -0.3 is 5.73 Å². The summed E-state index contributed by atoms with van der Waals surface area (Å²) in [6.45, 7) is 3.90. The van der Waals surface area contributed by atoms with Crippen LogP contribution in [0.2, 0.25) is 0 Å². The van der Waals surface area contributed by atoms with Crippen molar-refractivity contribution >= 4 is 15.9 Å². The minimum absolute atomic E-state index is 0.0334. The Kier molecular flexibility index (Phi) is 3.54. The van der Waals surface area contributed by atoms with Gasteiger partial charge in [-0.25, -0.2) is 9.97 Å². The SMILES string of the molecule is Cc1nc(-c2ccc(Br)cc2)ncc1C(C)N. The number of aryl methyl sites for hydroxylation is 1. The summed E-state index contributed by atoms with van der Waals surface area (Å²) in [5.41, 5.74) is 8.77. The Balaban J connectivity index is 2.41. The number of hydrogen-bond acceptors (Lipinski definition) is 3. The summed E-state index contributed by atoms with van der Waals surface area (Å²) in [6, 6.07) is 7.91. The molecule has 0 spiro atoms. The van der Waals surface area contributed by atoms with Gasteiger partial charge >= 0.3 is 0 Å². The molecular formula is C13H14BrN3. The van der Waals surface area contributed by atoms with Crippen molar-refractivity contribution in [3.8, 4) is 11.4 Å². The average Bonchev–Trinajstić information content (AvgIpc) is 2.29. The normalized spacial score (nSPS) is 12.5. The fourth-order valence-corrected chi connectivity index (χ4v) is 1.93. The van der Waals surface area contributed by atoms with Gasteiger partial charge in [0.05, 0.1) is 0 Å². The van der Waals surface area contributed by atoms with Gasteiger partial charge in [0.15, 0.2) is 5.82 Å². The summed E-state index contributed by atoms with van der Waals surface area (Å²) in [7, 11) is 0. The summed E-state index contributed by atoms with van der Waals surface area (Å²) in [5.74, 6) is 0.736. The summed E-state index contributed by atoms with van der Waals surface area (Å²) >= 11 is 3.41. The molecule has 1 atom stereocenters. The molecule has 0 radical (unpaired) electrons. The summed E-state index contributed by atoms with van der Waals surface area (Å²) in [4.78, 5) is 8.84. The van der Waals surface area contributed by atoms with Crippen molar-refractivity contribution in [2.75, 3.05) is 0 Å². The maximum Gasteiger partial charge on any atom is 0.159 e. The lowest BCUT2D eigenvalue weighted by molar-refractivity contribution is 0.790. The first kappa shape index (κ1) is 12.2. The van der Waals surface area contributed by atoms with Gasteiger partial charge in [-0.1, -0.05) is 28.1 Å². The van der Waals surface area contributed by atoms with E-state index < -0.39 is 0 Å². The fourth-order valence-electron chi connectivity index (χ4n) is 1.66. The lowest BCUT2D eigenvalue weighted by atomic mass is 10.1. The van der Waals surface area contributed by atoms with Crippen LogP contribution in [0.3, 0.4) is 0 Å². The molecule has 88 valence electrons. The average molecular weight is 292 g/mol. The zero-order valence-corrected chi connectivity index (χ0v) is 11.4. The number of benzene rings is 1. The Hall–Kier alpha value is -1.26. The number of nitrogens with two attached hydrogens (primary N) is 1. The summed E-state index contributed by atoms with van der Waals surface area (Å²) in [5, 5.41) is 0. The second kappa shape index (κ2) is 4.94. The topological polar surface area (TPSA) is 51.8 Å². The van der Waals surface area contributed by atoms with E-state index in [1.165, 1.54) is 0 Å². The van der Waals surface area contributed by atoms with Crippen LogP contribution in [0.1, 0.15) is 24.2 Å². The first-order valence-electron chi connectivity index (χ1n) is 5.43. The van der Waals surface area contributed by atoms with E-state index in [1.807, 2.05) is 44.3 Å². The number of halogens is 1. The highest BCUT2D eigenvalue weighted by Crippen LogP contribution is 2.20. The Labute approximate surface area is 109 Å². The van der Waals surface area contributed by atoms with Crippen molar-refractivity contribution in [2.24, 2.45) is 5.73 Å². The molecule has 2 aromatic rings. The predicted octanol–water partition coefficient (Wildman–Crippen LogP) is 3.23. The molecule has 0 saturated carbocycles. The highest BCUT2D eigenvalue weighted by molar-refractivity contribution is 9.10. The molecule has 0 aliphatic carbocycles. The molecule has 1 heterocycles. The molecule has 2 rings (SSSR count). The van der Waals surface area contributed by atoms with Gasteiger partial charge in [0.1, 0.15) is 0 Å². The molecular weight excluding hydrogens is 278 g/mol. The molecule has 0 fully saturated rings. The van der Waals surface area contributed by atoms with Crippen molar-refractivity contribution in [1.82, 2.24) is 9.97 Å². The van der Waals surface area contributed by atoms with Crippen LogP contribution < -0.4 is 5.73 Å². The Morgan fingerprint density at radius 3 is 2.41 bits per heavy atom. The molecule has 0 amide bonds. The van der Waals surface area contributed by atoms with Crippen LogP contribution in [0.25, 0.3) is 11.4 Å². The molecule has 3 nitrogen and oxygen atoms in total. The van der Waals surface area contributed by atoms with Crippen LogP contribution in [-0.4, -0.2) is 9.97 Å². The van der Waals surface area contributed by atoms with Gasteiger partial charge in [0.2, 0.25) is 0 Å². The molecule has 0 saturated heterocycles. The second-order valence-electron chi connectivity index (χ2n) is 4.03. The van der Waals surface area contributed by atoms with E-state index in [0.717, 1.165) is 27.1 Å². The van der Waals surface area contributed by atoms with E-state index >= 15 is 0 Å². The second-order valence-corrected chi connectivity index (χ2v) is 4.95. The van der Waals surface area contributed by atoms with E-state index in [0.29, 0.717) is 0 Å². The van der Waals surface area contributed by atoms with E-state index in [1.54, 1.807) is 0 Å². The maximum absolute atomic E-state index is 5.84. The molecule has 0 aliphatic heterocycles. The minimum atomic E-state index is -0.0334. The van der Waals surface area contributed by atoms with Gasteiger partial charge in [-0.2, -0.15) is 0 Å². The third kappa shape index (κ3) is 2.70. The Bertz CT molecular complexity index is 521. The smallest absolute Gasteiger partial charge is 0.159 e. The number of aromatic nitrogens is 2. The van der Waals surface area contributed by atoms with E-state index in [-0.39, 0.29) is 6.04 Å². The van der Waals surface area contributed by atoms with Gasteiger partial charge in [0.25, 0.3) is 0 Å². The molecule has 1 unspecified atom stereocenters. The molecule has 0 bridgehead atoms. The molecule has 2 N–H and O–H groups in total. The van der Waals surface area contributed by atoms with Gasteiger partial charge in [-0.05, 0) is 26.0 Å². The maximum atomic E-state index is 5.84. The third-order valence-corrected chi connectivity index (χ3v) is 3.14. The van der Waals surface area contributed by atoms with Gasteiger partial charge in [-0.15, -0.1) is 0 Å². The zero-order chi connectivity index (χ0) is 12.4. The highest BCUT2D eigenvalue weighted by Gasteiger charge is 2.08. The van der Waals surface area contributed by atoms with Crippen LogP contribution in [-0.2, 0) is 0 Å². The minimum Gasteiger partial charge on any atom is -0.324 e. The first-order valence-corrected chi connectivity index (χ1v) is 6.22. The van der Waals surface area contributed by atoms with Crippen LogP contribution in [0.4, 0.5) is 0 Å². The van der Waals surface area contributed by atoms with Crippen LogP contribution >= 0.6 is 15.9 Å². The van der Waals surface area contributed by atoms with Crippen molar-refractivity contribution < 1.29 is 0 Å². The standard InChI is InChI=1S/C13H14BrN3/c1-8(15)12-7-16-13(17-9(12)2)10-3-5-11(14)6-4-10/h3-8H,15H2,1-2H3. The van der Waals surface area contributed by atoms with Crippen LogP contribution in [0.15, 0.2) is 34.9 Å². The monoisotopic (exact) mass is 291 g/mol. The van der Waals surface area contributed by atoms with Crippen LogP contribution in [0, 0.1) is 6.92 Å². The molecule has 1 aromatic carbocycles. The molecule has 1 aromatic heterocycles. The number of nitrogens with zero attached hydrogens (tertiary/aromatic N) is 2. The van der Waals surface area contributed by atoms with Crippen molar-refractivity contribution in [3.05, 3.63) is 46.2 Å². The van der Waals surface area contributed by atoms with Crippen molar-refractivity contribution in [3.63, 3.8) is 0 Å². The fraction of sp³-hybridized carbons (Fsp3) is 0.231. The van der Waals surface area contributed by atoms with Gasteiger partial charge in [-0.3, -0.25) is 0 Å². The highest BCUT2D eigenvalue weighted by atomic mass is 79.9. The quantitative estimate of drug-likeness (QED) is 0.924. The third-order valence-electron chi connectivity index (χ3n) is 2.61. The number of hydrogen-bond donors (Lipinski definition) is 1. The van der Waals surface area contributed by atoms with Crippen molar-refractivity contribution in [1.29, 1.82) is 0 Å². The van der Waals surface area contributed by atoms with Crippen LogP contribution in [0.5, 0.6) is 0 Å².